The van der Waals surface area contributed by atoms with Gasteiger partial charge in [0.2, 0.25) is 0 Å². The Kier molecular flexibility index (Phi) is 149. The van der Waals surface area contributed by atoms with Crippen LogP contribution < -0.4 is 40.9 Å². The molecule has 18 heteroatoms. The van der Waals surface area contributed by atoms with E-state index < -0.39 is 47.8 Å². The second kappa shape index (κ2) is 128. The summed E-state index contributed by atoms with van der Waals surface area (Å²) in [7, 11) is 0. The molecule has 0 radical (unpaired) electrons. The van der Waals surface area contributed by atoms with E-state index in [1.807, 2.05) is 0 Å². The molecule has 0 N–H and O–H groups in total. The van der Waals surface area contributed by atoms with Crippen LogP contribution in [0.3, 0.4) is 0 Å². The summed E-state index contributed by atoms with van der Waals surface area (Å²) in [4.78, 5) is 80.8. The van der Waals surface area contributed by atoms with Gasteiger partial charge in [-0.25, -0.2) is 0 Å². The van der Waals surface area contributed by atoms with E-state index >= 15 is 0 Å². The van der Waals surface area contributed by atoms with Crippen molar-refractivity contribution in [2.24, 2.45) is 0 Å². The zero-order valence-electron chi connectivity index (χ0n) is 76.1. The largest absolute Gasteiger partial charge is 4.00 e. The molecule has 0 aromatic rings. The molecule has 0 aliphatic rings. The minimum absolute atomic E-state index is 0. The molecule has 0 saturated heterocycles. The monoisotopic (exact) mass is 1830 g/mol. The number of carboxylic acids is 8. The van der Waals surface area contributed by atoms with Crippen molar-refractivity contribution in [3.05, 3.63) is 0 Å². The topological polar surface area (TPSA) is 321 Å². The smallest absolute Gasteiger partial charge is 0.550 e. The van der Waals surface area contributed by atoms with Crippen molar-refractivity contribution >= 4 is 95.6 Å². The van der Waals surface area contributed by atoms with Crippen LogP contribution in [0.5, 0.6) is 0 Å². The molecule has 0 aromatic heterocycles. The van der Waals surface area contributed by atoms with Crippen molar-refractivity contribution in [3.63, 3.8) is 0 Å². The number of carboxylic acid groups (broad SMARTS) is 8. The summed E-state index contributed by atoms with van der Waals surface area (Å²) in [5, 5.41) is 80.8. The van der Waals surface area contributed by atoms with Gasteiger partial charge in [-0.1, -0.05) is 466 Å². The van der Waals surface area contributed by atoms with E-state index in [0.29, 0.717) is 0 Å². The molecule has 0 bridgehead atoms. The van der Waals surface area contributed by atoms with Crippen molar-refractivity contribution in [2.75, 3.05) is 0 Å². The fourth-order valence-corrected chi connectivity index (χ4v) is 12.6. The van der Waals surface area contributed by atoms with Gasteiger partial charge in [0.1, 0.15) is 0 Å². The van der Waals surface area contributed by atoms with E-state index in [1.54, 1.807) is 0 Å². The second-order valence-electron chi connectivity index (χ2n) is 31.6. The summed E-state index contributed by atoms with van der Waals surface area (Å²) < 4.78 is 0. The van der Waals surface area contributed by atoms with Crippen molar-refractivity contribution in [1.29, 1.82) is 0 Å². The Labute approximate surface area is 738 Å². The molecule has 0 unspecified atom stereocenters. The molecule has 0 spiro atoms. The van der Waals surface area contributed by atoms with E-state index in [9.17, 15) is 79.2 Å². The first-order valence-corrected chi connectivity index (χ1v) is 47.8. The first-order valence-electron chi connectivity index (χ1n) is 47.8. The van der Waals surface area contributed by atoms with Crippen LogP contribution >= 0.6 is 0 Å². The number of unbranched alkanes of at least 4 members (excludes halogenated alkanes) is 64. The molecule has 0 heterocycles. The van der Waals surface area contributed by atoms with Gasteiger partial charge in [-0.2, -0.15) is 0 Å². The fourth-order valence-electron chi connectivity index (χ4n) is 12.6. The zero-order chi connectivity index (χ0) is 85.2. The Balaban J connectivity index is -0.000000135. The average Bonchev–Trinajstić information content (AvgIpc) is 1.95. The quantitative estimate of drug-likeness (QED) is 0.0403. The number of rotatable bonds is 80. The van der Waals surface area contributed by atoms with Gasteiger partial charge in [0, 0.05) is 47.8 Å². The maximum Gasteiger partial charge on any atom is 4.00 e. The van der Waals surface area contributed by atoms with Crippen LogP contribution in [-0.4, -0.2) is 95.6 Å². The van der Waals surface area contributed by atoms with Crippen molar-refractivity contribution in [3.8, 4) is 0 Å². The maximum absolute atomic E-state index is 10.1. The Morgan fingerprint density at radius 2 is 0.167 bits per heavy atom. The van der Waals surface area contributed by atoms with Gasteiger partial charge in [0.15, 0.2) is 0 Å². The molecule has 0 fully saturated rings. The van der Waals surface area contributed by atoms with Gasteiger partial charge in [0.25, 0.3) is 0 Å². The van der Waals surface area contributed by atoms with Crippen LogP contribution in [0.2, 0.25) is 0 Å². The Bertz CT molecular complexity index is 1460. The molecule has 672 valence electrons. The van der Waals surface area contributed by atoms with E-state index in [4.69, 9.17) is 0 Å². The molecule has 0 aromatic carbocycles. The zero-order valence-corrected chi connectivity index (χ0v) is 81.8. The number of aliphatic carboxylic acids is 8. The molecule has 0 aliphatic heterocycles. The van der Waals surface area contributed by atoms with Crippen LogP contribution in [0.1, 0.15) is 569 Å². The van der Waals surface area contributed by atoms with Crippen molar-refractivity contribution < 1.29 is 79.2 Å². The van der Waals surface area contributed by atoms with Gasteiger partial charge in [-0.05, 0) is 103 Å². The van der Waals surface area contributed by atoms with Gasteiger partial charge in [-0.15, -0.1) is 0 Å². The summed E-state index contributed by atoms with van der Waals surface area (Å²) in [5.74, 6) is -7.27. The minimum atomic E-state index is -0.909. The summed E-state index contributed by atoms with van der Waals surface area (Å²) in [6, 6.07) is 0. The van der Waals surface area contributed by atoms with Crippen LogP contribution in [0.4, 0.5) is 0 Å². The van der Waals surface area contributed by atoms with Gasteiger partial charge >= 0.3 is 47.8 Å². The minimum Gasteiger partial charge on any atom is -0.550 e. The van der Waals surface area contributed by atoms with Crippen molar-refractivity contribution in [2.45, 2.75) is 569 Å². The Morgan fingerprint density at radius 3 is 0.219 bits per heavy atom. The normalized spacial score (nSPS) is 10.2. The maximum atomic E-state index is 10.1. The summed E-state index contributed by atoms with van der Waals surface area (Å²) in [6.45, 7) is 17.8. The summed E-state index contributed by atoms with van der Waals surface area (Å²) in [6.07, 6.45) is 89.3. The van der Waals surface area contributed by atoms with Crippen LogP contribution in [0, 0.1) is 0 Å². The predicted molar refractivity (Wildman–Crippen MR) is 466 cm³/mol. The molecular formula is C96H184O16Sn2. The van der Waals surface area contributed by atoms with E-state index in [0.717, 1.165) is 103 Å². The number of carbonyl (C=O) groups is 8. The number of hydrogen-bond acceptors (Lipinski definition) is 16. The molecule has 0 aliphatic carbocycles. The summed E-state index contributed by atoms with van der Waals surface area (Å²) in [5.41, 5.74) is 0. The van der Waals surface area contributed by atoms with E-state index in [1.165, 1.54) is 360 Å². The SMILES string of the molecule is CCCCCCCCCCCC(=O)[O-].CCCCCCCCCCCC(=O)[O-].CCCCCCCCCCCC(=O)[O-].CCCCCCCCCCCC(=O)[O-].CCCCCCCCCCCC(=O)[O-].CCCCCCCCCCCC(=O)[O-].CCCCCCCCCCCC(=O)[O-].CCCCCCCCCCCC(=O)[O-].[Sn+4].[Sn+4]. The molecular weight excluding hydrogens is 1650 g/mol. The molecule has 0 saturated carbocycles. The third-order valence-electron chi connectivity index (χ3n) is 19.9. The third kappa shape index (κ3) is 176. The standard InChI is InChI=1S/8C12H24O2.2Sn/c8*1-2-3-4-5-6-7-8-9-10-11-12(13)14;;/h8*2-11H2,1H3,(H,13,14);;/q;;;;;;;;2*+4/p-8. The summed E-state index contributed by atoms with van der Waals surface area (Å²) >= 11 is 0. The molecule has 0 rings (SSSR count). The Morgan fingerprint density at radius 1 is 0.114 bits per heavy atom. The predicted octanol–water partition coefficient (Wildman–Crippen LogP) is 20.5. The third-order valence-corrected chi connectivity index (χ3v) is 19.9. The number of hydrogen-bond donors (Lipinski definition) is 0. The van der Waals surface area contributed by atoms with Crippen LogP contribution in [0.15, 0.2) is 0 Å². The molecule has 0 atom stereocenters. The first kappa shape index (κ1) is 132. The second-order valence-corrected chi connectivity index (χ2v) is 31.6. The van der Waals surface area contributed by atoms with Gasteiger partial charge < -0.3 is 79.2 Å². The molecule has 114 heavy (non-hydrogen) atoms. The fraction of sp³-hybridized carbons (Fsp3) is 0.917. The molecule has 16 nitrogen and oxygen atoms in total. The number of carbonyl (C=O) groups excluding carboxylic acids is 8. The van der Waals surface area contributed by atoms with E-state index in [2.05, 4.69) is 55.4 Å². The van der Waals surface area contributed by atoms with Crippen molar-refractivity contribution in [1.82, 2.24) is 0 Å². The van der Waals surface area contributed by atoms with Crippen LogP contribution in [0.25, 0.3) is 0 Å². The van der Waals surface area contributed by atoms with Gasteiger partial charge in [0.05, 0.1) is 0 Å². The van der Waals surface area contributed by atoms with Gasteiger partial charge in [-0.3, -0.25) is 0 Å². The first-order chi connectivity index (χ1) is 54.2. The van der Waals surface area contributed by atoms with Crippen LogP contribution in [-0.2, 0) is 38.4 Å². The Hall–Kier alpha value is -2.64. The van der Waals surface area contributed by atoms with E-state index in [-0.39, 0.29) is 99.2 Å². The average molecular weight is 1830 g/mol. The molecule has 0 amide bonds.